The third-order valence-electron chi connectivity index (χ3n) is 2.58. The summed E-state index contributed by atoms with van der Waals surface area (Å²) in [7, 11) is -3.84. The number of hydrogen-bond acceptors (Lipinski definition) is 4. The Kier molecular flexibility index (Phi) is 6.29. The Labute approximate surface area is 124 Å². The van der Waals surface area contributed by atoms with Crippen LogP contribution >= 0.6 is 11.6 Å². The van der Waals surface area contributed by atoms with E-state index in [0.717, 1.165) is 0 Å². The molecule has 0 bridgehead atoms. The summed E-state index contributed by atoms with van der Waals surface area (Å²) in [5.74, 6) is -0.726. The molecule has 0 saturated carbocycles. The zero-order valence-corrected chi connectivity index (χ0v) is 13.0. The van der Waals surface area contributed by atoms with Crippen LogP contribution in [0.4, 0.5) is 5.69 Å². The molecular weight excluding hydrogens is 302 g/mol. The number of anilines is 1. The minimum absolute atomic E-state index is 0.148. The molecule has 5 nitrogen and oxygen atoms in total. The first kappa shape index (κ1) is 16.8. The van der Waals surface area contributed by atoms with E-state index >= 15 is 0 Å². The van der Waals surface area contributed by atoms with E-state index in [1.807, 2.05) is 6.92 Å². The fraction of sp³-hybridized carbons (Fsp3) is 0.462. The van der Waals surface area contributed by atoms with Crippen molar-refractivity contribution in [2.75, 3.05) is 11.3 Å². The van der Waals surface area contributed by atoms with Gasteiger partial charge >= 0.3 is 5.97 Å². The second kappa shape index (κ2) is 7.50. The van der Waals surface area contributed by atoms with Crippen LogP contribution in [0.25, 0.3) is 0 Å². The van der Waals surface area contributed by atoms with Crippen molar-refractivity contribution < 1.29 is 17.9 Å². The number of esters is 1. The molecule has 0 heterocycles. The average molecular weight is 320 g/mol. The fourth-order valence-corrected chi connectivity index (χ4v) is 3.25. The number of carbonyl (C=O) groups is 1. The van der Waals surface area contributed by atoms with Crippen LogP contribution in [-0.4, -0.2) is 26.2 Å². The molecule has 0 radical (unpaired) electrons. The summed E-state index contributed by atoms with van der Waals surface area (Å²) in [6.07, 6.45) is 0.771. The van der Waals surface area contributed by atoms with Gasteiger partial charge in [-0.1, -0.05) is 24.9 Å². The second-order valence-electron chi connectivity index (χ2n) is 4.18. The van der Waals surface area contributed by atoms with Gasteiger partial charge in [0.2, 0.25) is 10.0 Å². The molecule has 0 saturated heterocycles. The highest BCUT2D eigenvalue weighted by Crippen LogP contribution is 2.18. The Morgan fingerprint density at radius 2 is 1.90 bits per heavy atom. The van der Waals surface area contributed by atoms with E-state index in [9.17, 15) is 13.2 Å². The molecule has 0 aliphatic heterocycles. The fourth-order valence-electron chi connectivity index (χ4n) is 1.65. The van der Waals surface area contributed by atoms with E-state index in [2.05, 4.69) is 4.72 Å². The lowest BCUT2D eigenvalue weighted by molar-refractivity contribution is -0.142. The highest BCUT2D eigenvalue weighted by atomic mass is 35.5. The third-order valence-corrected chi connectivity index (χ3v) is 4.53. The predicted octanol–water partition coefficient (Wildman–Crippen LogP) is 2.81. The molecule has 0 aliphatic carbocycles. The van der Waals surface area contributed by atoms with E-state index in [0.29, 0.717) is 17.1 Å². The molecule has 0 spiro atoms. The van der Waals surface area contributed by atoms with Gasteiger partial charge in [-0.3, -0.25) is 9.52 Å². The van der Waals surface area contributed by atoms with Crippen molar-refractivity contribution in [1.29, 1.82) is 0 Å². The lowest BCUT2D eigenvalue weighted by Crippen LogP contribution is -2.36. The van der Waals surface area contributed by atoms with Crippen LogP contribution in [0.3, 0.4) is 0 Å². The molecule has 0 amide bonds. The minimum atomic E-state index is -3.84. The molecule has 1 N–H and O–H groups in total. The Morgan fingerprint density at radius 1 is 1.30 bits per heavy atom. The van der Waals surface area contributed by atoms with E-state index < -0.39 is 21.2 Å². The van der Waals surface area contributed by atoms with Gasteiger partial charge in [-0.2, -0.15) is 0 Å². The standard InChI is InChI=1S/C13H18ClNO4S/c1-3-5-12(13(16)19-4-2)20(17,18)15-11-8-6-10(14)7-9-11/h6-9,12,15H,3-5H2,1-2H3/t12-/m1/s1. The first-order valence-electron chi connectivity index (χ1n) is 6.34. The lowest BCUT2D eigenvalue weighted by atomic mass is 10.2. The van der Waals surface area contributed by atoms with E-state index in [-0.39, 0.29) is 13.0 Å². The van der Waals surface area contributed by atoms with E-state index in [1.54, 1.807) is 19.1 Å². The highest BCUT2D eigenvalue weighted by molar-refractivity contribution is 7.94. The van der Waals surface area contributed by atoms with Gasteiger partial charge in [-0.15, -0.1) is 0 Å². The molecule has 7 heteroatoms. The Morgan fingerprint density at radius 3 is 2.40 bits per heavy atom. The van der Waals surface area contributed by atoms with Gasteiger partial charge in [0.25, 0.3) is 0 Å². The summed E-state index contributed by atoms with van der Waals surface area (Å²) in [5.41, 5.74) is 0.361. The molecule has 1 atom stereocenters. The van der Waals surface area contributed by atoms with Crippen molar-refractivity contribution in [2.24, 2.45) is 0 Å². The van der Waals surface area contributed by atoms with Crippen molar-refractivity contribution in [3.63, 3.8) is 0 Å². The SMILES string of the molecule is CCC[C@H](C(=O)OCC)S(=O)(=O)Nc1ccc(Cl)cc1. The smallest absolute Gasteiger partial charge is 0.326 e. The maximum Gasteiger partial charge on any atom is 0.326 e. The number of sulfonamides is 1. The molecule has 20 heavy (non-hydrogen) atoms. The molecule has 0 aromatic heterocycles. The van der Waals surface area contributed by atoms with Gasteiger partial charge in [0.05, 0.1) is 6.61 Å². The average Bonchev–Trinajstić information content (AvgIpc) is 2.38. The Balaban J connectivity index is 2.92. The normalized spacial score (nSPS) is 12.8. The molecule has 0 aliphatic rings. The summed E-state index contributed by atoms with van der Waals surface area (Å²) >= 11 is 5.74. The van der Waals surface area contributed by atoms with Gasteiger partial charge in [0.15, 0.2) is 5.25 Å². The number of ether oxygens (including phenoxy) is 1. The van der Waals surface area contributed by atoms with Gasteiger partial charge in [-0.05, 0) is 37.6 Å². The summed E-state index contributed by atoms with van der Waals surface area (Å²) < 4.78 is 31.7. The van der Waals surface area contributed by atoms with E-state index in [4.69, 9.17) is 16.3 Å². The first-order chi connectivity index (χ1) is 9.40. The zero-order valence-electron chi connectivity index (χ0n) is 11.4. The number of hydrogen-bond donors (Lipinski definition) is 1. The number of nitrogens with one attached hydrogen (secondary N) is 1. The molecule has 1 aromatic carbocycles. The Hall–Kier alpha value is -1.27. The zero-order chi connectivity index (χ0) is 15.2. The number of benzene rings is 1. The maximum atomic E-state index is 12.2. The van der Waals surface area contributed by atoms with Crippen LogP contribution in [0.15, 0.2) is 24.3 Å². The quantitative estimate of drug-likeness (QED) is 0.784. The van der Waals surface area contributed by atoms with Crippen molar-refractivity contribution in [3.05, 3.63) is 29.3 Å². The van der Waals surface area contributed by atoms with Crippen LogP contribution in [0.5, 0.6) is 0 Å². The monoisotopic (exact) mass is 319 g/mol. The highest BCUT2D eigenvalue weighted by Gasteiger charge is 2.33. The van der Waals surface area contributed by atoms with Crippen LogP contribution in [0.2, 0.25) is 5.02 Å². The summed E-state index contributed by atoms with van der Waals surface area (Å²) in [5, 5.41) is -0.702. The largest absolute Gasteiger partial charge is 0.465 e. The third kappa shape index (κ3) is 4.68. The van der Waals surface area contributed by atoms with Gasteiger partial charge < -0.3 is 4.74 Å². The molecule has 0 fully saturated rings. The molecule has 1 aromatic rings. The van der Waals surface area contributed by atoms with Crippen molar-refractivity contribution >= 4 is 33.3 Å². The minimum Gasteiger partial charge on any atom is -0.465 e. The summed E-state index contributed by atoms with van der Waals surface area (Å²) in [6, 6.07) is 6.21. The van der Waals surface area contributed by atoms with Gasteiger partial charge in [0, 0.05) is 10.7 Å². The summed E-state index contributed by atoms with van der Waals surface area (Å²) in [6.45, 7) is 3.60. The van der Waals surface area contributed by atoms with Gasteiger partial charge in [0.1, 0.15) is 0 Å². The lowest BCUT2D eigenvalue weighted by Gasteiger charge is -2.17. The van der Waals surface area contributed by atoms with Crippen molar-refractivity contribution in [2.45, 2.75) is 31.9 Å². The number of carbonyl (C=O) groups excluding carboxylic acids is 1. The van der Waals surface area contributed by atoms with Crippen LogP contribution in [0.1, 0.15) is 26.7 Å². The summed E-state index contributed by atoms with van der Waals surface area (Å²) in [4.78, 5) is 11.8. The van der Waals surface area contributed by atoms with Crippen molar-refractivity contribution in [3.8, 4) is 0 Å². The van der Waals surface area contributed by atoms with E-state index in [1.165, 1.54) is 12.1 Å². The number of halogens is 1. The molecular formula is C13H18ClNO4S. The first-order valence-corrected chi connectivity index (χ1v) is 8.27. The van der Waals surface area contributed by atoms with Gasteiger partial charge in [-0.25, -0.2) is 8.42 Å². The maximum absolute atomic E-state index is 12.2. The predicted molar refractivity (Wildman–Crippen MR) is 79.3 cm³/mol. The second-order valence-corrected chi connectivity index (χ2v) is 6.48. The van der Waals surface area contributed by atoms with Crippen LogP contribution in [0, 0.1) is 0 Å². The topological polar surface area (TPSA) is 72.5 Å². The number of rotatable bonds is 7. The van der Waals surface area contributed by atoms with Crippen LogP contribution in [-0.2, 0) is 19.6 Å². The molecule has 1 rings (SSSR count). The van der Waals surface area contributed by atoms with Crippen molar-refractivity contribution in [1.82, 2.24) is 0 Å². The molecule has 112 valence electrons. The van der Waals surface area contributed by atoms with Crippen LogP contribution < -0.4 is 4.72 Å². The Bertz CT molecular complexity index is 542. The molecule has 0 unspecified atom stereocenters.